The van der Waals surface area contributed by atoms with Gasteiger partial charge in [0.05, 0.1) is 6.26 Å². The first-order chi connectivity index (χ1) is 7.06. The third-order valence-corrected chi connectivity index (χ3v) is 2.21. The molecule has 0 aliphatic carbocycles. The minimum atomic E-state index is -1.11. The summed E-state index contributed by atoms with van der Waals surface area (Å²) in [7, 11) is 0. The molecule has 0 unspecified atom stereocenters. The van der Waals surface area contributed by atoms with Crippen LogP contribution in [0, 0.1) is 5.92 Å². The average Bonchev–Trinajstić information content (AvgIpc) is 2.57. The van der Waals surface area contributed by atoms with Crippen LogP contribution < -0.4 is 0 Å². The summed E-state index contributed by atoms with van der Waals surface area (Å²) >= 11 is 0. The van der Waals surface area contributed by atoms with Crippen LogP contribution in [0.2, 0.25) is 0 Å². The summed E-state index contributed by atoms with van der Waals surface area (Å²) in [5, 5.41) is 8.91. The van der Waals surface area contributed by atoms with Gasteiger partial charge in [-0.3, -0.25) is 4.79 Å². The average molecular weight is 210 g/mol. The zero-order valence-electron chi connectivity index (χ0n) is 8.82. The number of rotatable bonds is 5. The Bertz CT molecular complexity index is 363. The lowest BCUT2D eigenvalue weighted by molar-refractivity contribution is 0.0691. The molecule has 0 spiro atoms. The molecule has 0 atom stereocenters. The Labute approximate surface area is 87.9 Å². The molecule has 1 aromatic heterocycles. The van der Waals surface area contributed by atoms with Crippen LogP contribution in [0.3, 0.4) is 0 Å². The molecule has 4 nitrogen and oxygen atoms in total. The van der Waals surface area contributed by atoms with E-state index < -0.39 is 5.97 Å². The number of carbonyl (C=O) groups is 2. The van der Waals surface area contributed by atoms with Gasteiger partial charge in [0.15, 0.2) is 12.0 Å². The molecule has 15 heavy (non-hydrogen) atoms. The summed E-state index contributed by atoms with van der Waals surface area (Å²) in [5.74, 6) is -0.716. The van der Waals surface area contributed by atoms with Crippen LogP contribution in [0.1, 0.15) is 46.7 Å². The monoisotopic (exact) mass is 210 g/mol. The fourth-order valence-corrected chi connectivity index (χ4v) is 1.37. The quantitative estimate of drug-likeness (QED) is 0.757. The Morgan fingerprint density at radius 1 is 1.60 bits per heavy atom. The van der Waals surface area contributed by atoms with Crippen molar-refractivity contribution in [2.45, 2.75) is 26.7 Å². The van der Waals surface area contributed by atoms with Crippen LogP contribution in [0.4, 0.5) is 0 Å². The molecule has 0 aliphatic rings. The normalized spacial score (nSPS) is 10.6. The van der Waals surface area contributed by atoms with Gasteiger partial charge in [0.1, 0.15) is 5.56 Å². The van der Waals surface area contributed by atoms with Gasteiger partial charge in [-0.2, -0.15) is 0 Å². The second-order valence-corrected chi connectivity index (χ2v) is 3.86. The Morgan fingerprint density at radius 3 is 2.73 bits per heavy atom. The highest BCUT2D eigenvalue weighted by atomic mass is 16.4. The Balaban J connectivity index is 2.92. The number of aldehydes is 1. The van der Waals surface area contributed by atoms with E-state index in [0.29, 0.717) is 24.2 Å². The summed E-state index contributed by atoms with van der Waals surface area (Å²) in [4.78, 5) is 21.4. The van der Waals surface area contributed by atoms with E-state index in [1.165, 1.54) is 6.26 Å². The summed E-state index contributed by atoms with van der Waals surface area (Å²) in [6.45, 7) is 4.11. The first-order valence-electron chi connectivity index (χ1n) is 4.85. The van der Waals surface area contributed by atoms with Gasteiger partial charge in [0.25, 0.3) is 0 Å². The van der Waals surface area contributed by atoms with Gasteiger partial charge >= 0.3 is 5.97 Å². The van der Waals surface area contributed by atoms with Gasteiger partial charge in [-0.1, -0.05) is 13.8 Å². The zero-order valence-corrected chi connectivity index (χ0v) is 8.82. The van der Waals surface area contributed by atoms with E-state index in [1.54, 1.807) is 0 Å². The molecule has 1 heterocycles. The molecular formula is C11H14O4. The lowest BCUT2D eigenvalue weighted by Crippen LogP contribution is -2.03. The minimum Gasteiger partial charge on any atom is -0.478 e. The van der Waals surface area contributed by atoms with Gasteiger partial charge in [0, 0.05) is 5.56 Å². The van der Waals surface area contributed by atoms with E-state index in [-0.39, 0.29) is 11.3 Å². The molecule has 0 fully saturated rings. The third kappa shape index (κ3) is 2.68. The van der Waals surface area contributed by atoms with Crippen LogP contribution in [0.25, 0.3) is 0 Å². The molecule has 1 aromatic rings. The van der Waals surface area contributed by atoms with Crippen molar-refractivity contribution >= 4 is 12.3 Å². The molecule has 0 saturated carbocycles. The fraction of sp³-hybridized carbons (Fsp3) is 0.455. The topological polar surface area (TPSA) is 67.5 Å². The predicted molar refractivity (Wildman–Crippen MR) is 54.2 cm³/mol. The number of carboxylic acid groups (broad SMARTS) is 1. The van der Waals surface area contributed by atoms with E-state index >= 15 is 0 Å². The molecule has 0 bridgehead atoms. The molecule has 0 aromatic carbocycles. The number of hydrogen-bond donors (Lipinski definition) is 1. The van der Waals surface area contributed by atoms with Crippen molar-refractivity contribution in [2.24, 2.45) is 5.92 Å². The van der Waals surface area contributed by atoms with E-state index in [4.69, 9.17) is 9.52 Å². The lowest BCUT2D eigenvalue weighted by Gasteiger charge is -2.02. The van der Waals surface area contributed by atoms with Crippen molar-refractivity contribution in [3.05, 3.63) is 23.2 Å². The van der Waals surface area contributed by atoms with Gasteiger partial charge in [-0.15, -0.1) is 0 Å². The highest BCUT2D eigenvalue weighted by Gasteiger charge is 2.19. The number of carboxylic acids is 1. The van der Waals surface area contributed by atoms with E-state index in [9.17, 15) is 9.59 Å². The number of aromatic carboxylic acids is 1. The summed E-state index contributed by atoms with van der Waals surface area (Å²) in [6, 6.07) is 0. The maximum Gasteiger partial charge on any atom is 0.340 e. The number of aryl methyl sites for hydroxylation is 1. The Hall–Kier alpha value is -1.58. The maximum absolute atomic E-state index is 10.9. The molecular weight excluding hydrogens is 196 g/mol. The molecule has 0 amide bonds. The highest BCUT2D eigenvalue weighted by Crippen LogP contribution is 2.19. The van der Waals surface area contributed by atoms with Crippen LogP contribution >= 0.6 is 0 Å². The largest absolute Gasteiger partial charge is 0.478 e. The highest BCUT2D eigenvalue weighted by molar-refractivity contribution is 5.96. The maximum atomic E-state index is 10.9. The summed E-state index contributed by atoms with van der Waals surface area (Å²) in [5.41, 5.74) is 0.601. The van der Waals surface area contributed by atoms with Crippen molar-refractivity contribution < 1.29 is 19.1 Å². The smallest absolute Gasteiger partial charge is 0.340 e. The molecule has 0 aliphatic heterocycles. The molecule has 0 saturated heterocycles. The van der Waals surface area contributed by atoms with E-state index in [0.717, 1.165) is 6.42 Å². The molecule has 0 radical (unpaired) electrons. The van der Waals surface area contributed by atoms with Gasteiger partial charge < -0.3 is 9.52 Å². The molecule has 4 heteroatoms. The van der Waals surface area contributed by atoms with Crippen molar-refractivity contribution in [2.75, 3.05) is 0 Å². The van der Waals surface area contributed by atoms with Gasteiger partial charge in [-0.05, 0) is 18.8 Å². The van der Waals surface area contributed by atoms with Gasteiger partial charge in [0.2, 0.25) is 0 Å². The standard InChI is InChI=1S/C11H14O4/c1-7(2)3-4-8-6-15-9(5-12)10(8)11(13)14/h5-7H,3-4H2,1-2H3,(H,13,14). The summed E-state index contributed by atoms with van der Waals surface area (Å²) < 4.78 is 4.89. The van der Waals surface area contributed by atoms with Crippen molar-refractivity contribution in [3.63, 3.8) is 0 Å². The van der Waals surface area contributed by atoms with Crippen LogP contribution in [0.15, 0.2) is 10.7 Å². The van der Waals surface area contributed by atoms with Crippen LogP contribution in [0.5, 0.6) is 0 Å². The number of hydrogen-bond acceptors (Lipinski definition) is 3. The first-order valence-corrected chi connectivity index (χ1v) is 4.85. The predicted octanol–water partition coefficient (Wildman–Crippen LogP) is 2.38. The van der Waals surface area contributed by atoms with Crippen molar-refractivity contribution in [1.82, 2.24) is 0 Å². The van der Waals surface area contributed by atoms with Crippen molar-refractivity contribution in [3.8, 4) is 0 Å². The summed E-state index contributed by atoms with van der Waals surface area (Å²) in [6.07, 6.45) is 3.28. The van der Waals surface area contributed by atoms with Crippen molar-refractivity contribution in [1.29, 1.82) is 0 Å². The SMILES string of the molecule is CC(C)CCc1coc(C=O)c1C(=O)O. The molecule has 1 rings (SSSR count). The van der Waals surface area contributed by atoms with E-state index in [1.807, 2.05) is 0 Å². The van der Waals surface area contributed by atoms with Crippen LogP contribution in [-0.2, 0) is 6.42 Å². The third-order valence-electron chi connectivity index (χ3n) is 2.21. The Kier molecular flexibility index (Phi) is 3.66. The molecule has 1 N–H and O–H groups in total. The zero-order chi connectivity index (χ0) is 11.4. The second-order valence-electron chi connectivity index (χ2n) is 3.86. The number of furan rings is 1. The van der Waals surface area contributed by atoms with E-state index in [2.05, 4.69) is 13.8 Å². The lowest BCUT2D eigenvalue weighted by atomic mass is 10.0. The second kappa shape index (κ2) is 4.77. The van der Waals surface area contributed by atoms with Crippen LogP contribution in [-0.4, -0.2) is 17.4 Å². The first kappa shape index (κ1) is 11.5. The fourth-order valence-electron chi connectivity index (χ4n) is 1.37. The Morgan fingerprint density at radius 2 is 2.27 bits per heavy atom. The minimum absolute atomic E-state index is 0.00523. The molecule has 82 valence electrons. The van der Waals surface area contributed by atoms with Gasteiger partial charge in [-0.25, -0.2) is 4.79 Å². The number of carbonyl (C=O) groups excluding carboxylic acids is 1.